The van der Waals surface area contributed by atoms with E-state index in [0.29, 0.717) is 11.4 Å². The Bertz CT molecular complexity index is 578. The third-order valence-electron chi connectivity index (χ3n) is 2.95. The summed E-state index contributed by atoms with van der Waals surface area (Å²) in [6.45, 7) is 8.19. The molecule has 0 unspecified atom stereocenters. The molecule has 19 heavy (non-hydrogen) atoms. The summed E-state index contributed by atoms with van der Waals surface area (Å²) < 4.78 is 0. The lowest BCUT2D eigenvalue weighted by molar-refractivity contribution is 0.102. The zero-order valence-corrected chi connectivity index (χ0v) is 11.6. The van der Waals surface area contributed by atoms with Crippen LogP contribution in [-0.2, 0) is 5.41 Å². The Morgan fingerprint density at radius 3 is 2.26 bits per heavy atom. The molecule has 5 heteroatoms. The maximum absolute atomic E-state index is 11.9. The van der Waals surface area contributed by atoms with E-state index in [1.165, 1.54) is 5.56 Å². The molecule has 2 N–H and O–H groups in total. The summed E-state index contributed by atoms with van der Waals surface area (Å²) in [6, 6.07) is 7.83. The molecule has 0 aliphatic heterocycles. The molecular formula is C14H18N4O. The van der Waals surface area contributed by atoms with Gasteiger partial charge >= 0.3 is 0 Å². The zero-order chi connectivity index (χ0) is 14.0. The number of rotatable bonds is 2. The molecule has 0 saturated heterocycles. The molecule has 0 spiro atoms. The van der Waals surface area contributed by atoms with Crippen LogP contribution in [0.2, 0.25) is 0 Å². The second-order valence-electron chi connectivity index (χ2n) is 5.54. The number of anilines is 1. The molecule has 1 aromatic carbocycles. The van der Waals surface area contributed by atoms with Crippen molar-refractivity contribution in [3.63, 3.8) is 0 Å². The van der Waals surface area contributed by atoms with Crippen LogP contribution in [0.5, 0.6) is 0 Å². The van der Waals surface area contributed by atoms with E-state index < -0.39 is 0 Å². The van der Waals surface area contributed by atoms with Gasteiger partial charge in [-0.15, -0.1) is 0 Å². The molecule has 0 fully saturated rings. The fraction of sp³-hybridized carbons (Fsp3) is 0.357. The predicted molar refractivity (Wildman–Crippen MR) is 74.2 cm³/mol. The van der Waals surface area contributed by atoms with E-state index in [2.05, 4.69) is 41.5 Å². The number of carbonyl (C=O) groups is 1. The maximum Gasteiger partial charge on any atom is 0.278 e. The smallest absolute Gasteiger partial charge is 0.278 e. The largest absolute Gasteiger partial charge is 0.321 e. The molecule has 1 amide bonds. The summed E-state index contributed by atoms with van der Waals surface area (Å²) in [5.41, 5.74) is 2.98. The molecule has 5 nitrogen and oxygen atoms in total. The van der Waals surface area contributed by atoms with Crippen LogP contribution in [0.3, 0.4) is 0 Å². The summed E-state index contributed by atoms with van der Waals surface area (Å²) in [7, 11) is 0. The number of carbonyl (C=O) groups excluding carboxylic acids is 1. The SMILES string of the molecule is Cc1n[nH]nc1C(=O)Nc1ccc(C(C)(C)C)cc1. The van der Waals surface area contributed by atoms with Crippen LogP contribution in [0.25, 0.3) is 0 Å². The molecule has 1 heterocycles. The summed E-state index contributed by atoms with van der Waals surface area (Å²) in [5.74, 6) is -0.255. The lowest BCUT2D eigenvalue weighted by Gasteiger charge is -2.19. The third-order valence-corrected chi connectivity index (χ3v) is 2.95. The summed E-state index contributed by atoms with van der Waals surface area (Å²) in [5, 5.41) is 12.9. The second kappa shape index (κ2) is 4.84. The number of nitrogens with one attached hydrogen (secondary N) is 2. The topological polar surface area (TPSA) is 70.7 Å². The van der Waals surface area contributed by atoms with Gasteiger partial charge in [-0.3, -0.25) is 4.79 Å². The Morgan fingerprint density at radius 2 is 1.79 bits per heavy atom. The van der Waals surface area contributed by atoms with Crippen LogP contribution in [0.15, 0.2) is 24.3 Å². The van der Waals surface area contributed by atoms with Crippen molar-refractivity contribution in [2.75, 3.05) is 5.32 Å². The molecule has 0 aliphatic rings. The van der Waals surface area contributed by atoms with E-state index in [1.54, 1.807) is 6.92 Å². The first-order chi connectivity index (χ1) is 8.88. The highest BCUT2D eigenvalue weighted by Gasteiger charge is 2.15. The Morgan fingerprint density at radius 1 is 1.16 bits per heavy atom. The van der Waals surface area contributed by atoms with Gasteiger partial charge in [-0.05, 0) is 30.0 Å². The van der Waals surface area contributed by atoms with E-state index in [-0.39, 0.29) is 11.3 Å². The van der Waals surface area contributed by atoms with Gasteiger partial charge in [0.25, 0.3) is 5.91 Å². The fourth-order valence-electron chi connectivity index (χ4n) is 1.74. The van der Waals surface area contributed by atoms with E-state index in [9.17, 15) is 4.79 Å². The minimum Gasteiger partial charge on any atom is -0.321 e. The highest BCUT2D eigenvalue weighted by Crippen LogP contribution is 2.23. The van der Waals surface area contributed by atoms with Gasteiger partial charge in [0.1, 0.15) is 0 Å². The molecule has 0 radical (unpaired) electrons. The highest BCUT2D eigenvalue weighted by molar-refractivity contribution is 6.03. The Kier molecular flexibility index (Phi) is 3.38. The highest BCUT2D eigenvalue weighted by atomic mass is 16.2. The number of hydrogen-bond donors (Lipinski definition) is 2. The average Bonchev–Trinajstić information content (AvgIpc) is 2.75. The Hall–Kier alpha value is -2.17. The van der Waals surface area contributed by atoms with Crippen molar-refractivity contribution in [1.29, 1.82) is 0 Å². The summed E-state index contributed by atoms with van der Waals surface area (Å²) in [4.78, 5) is 11.9. The van der Waals surface area contributed by atoms with Crippen molar-refractivity contribution in [2.24, 2.45) is 0 Å². The van der Waals surface area contributed by atoms with Crippen LogP contribution in [0.4, 0.5) is 5.69 Å². The van der Waals surface area contributed by atoms with E-state index in [4.69, 9.17) is 0 Å². The number of benzene rings is 1. The first-order valence-electron chi connectivity index (χ1n) is 6.17. The van der Waals surface area contributed by atoms with E-state index in [0.717, 1.165) is 5.69 Å². The molecule has 1 aromatic heterocycles. The van der Waals surface area contributed by atoms with Gasteiger partial charge < -0.3 is 5.32 Å². The van der Waals surface area contributed by atoms with Crippen molar-refractivity contribution in [1.82, 2.24) is 15.4 Å². The number of aromatic amines is 1. The first-order valence-corrected chi connectivity index (χ1v) is 6.17. The fourth-order valence-corrected chi connectivity index (χ4v) is 1.74. The van der Waals surface area contributed by atoms with Crippen molar-refractivity contribution in [3.8, 4) is 0 Å². The maximum atomic E-state index is 11.9. The monoisotopic (exact) mass is 258 g/mol. The van der Waals surface area contributed by atoms with E-state index in [1.807, 2.05) is 24.3 Å². The zero-order valence-electron chi connectivity index (χ0n) is 11.6. The van der Waals surface area contributed by atoms with Gasteiger partial charge in [0.15, 0.2) is 5.69 Å². The lowest BCUT2D eigenvalue weighted by Crippen LogP contribution is -2.14. The molecule has 0 aliphatic carbocycles. The molecule has 100 valence electrons. The first kappa shape index (κ1) is 13.3. The number of nitrogens with zero attached hydrogens (tertiary/aromatic N) is 2. The van der Waals surface area contributed by atoms with Gasteiger partial charge in [0.2, 0.25) is 0 Å². The number of aromatic nitrogens is 3. The van der Waals surface area contributed by atoms with Crippen molar-refractivity contribution in [3.05, 3.63) is 41.2 Å². The molecular weight excluding hydrogens is 240 g/mol. The molecule has 2 rings (SSSR count). The van der Waals surface area contributed by atoms with Crippen molar-refractivity contribution >= 4 is 11.6 Å². The van der Waals surface area contributed by atoms with Crippen molar-refractivity contribution in [2.45, 2.75) is 33.1 Å². The quantitative estimate of drug-likeness (QED) is 0.870. The minimum atomic E-state index is -0.255. The van der Waals surface area contributed by atoms with Crippen molar-refractivity contribution < 1.29 is 4.79 Å². The number of aryl methyl sites for hydroxylation is 1. The lowest BCUT2D eigenvalue weighted by atomic mass is 9.87. The van der Waals surface area contributed by atoms with Crippen LogP contribution >= 0.6 is 0 Å². The standard InChI is InChI=1S/C14H18N4O/c1-9-12(17-18-16-9)13(19)15-11-7-5-10(6-8-11)14(2,3)4/h5-8H,1-4H3,(H,15,19)(H,16,17,18). The van der Waals surface area contributed by atoms with Gasteiger partial charge in [-0.1, -0.05) is 32.9 Å². The van der Waals surface area contributed by atoms with Crippen LogP contribution < -0.4 is 5.32 Å². The summed E-state index contributed by atoms with van der Waals surface area (Å²) in [6.07, 6.45) is 0. The molecule has 2 aromatic rings. The number of amides is 1. The van der Waals surface area contributed by atoms with Gasteiger partial charge in [-0.25, -0.2) is 0 Å². The predicted octanol–water partition coefficient (Wildman–Crippen LogP) is 2.66. The van der Waals surface area contributed by atoms with Gasteiger partial charge in [0, 0.05) is 5.69 Å². The summed E-state index contributed by atoms with van der Waals surface area (Å²) >= 11 is 0. The van der Waals surface area contributed by atoms with Crippen LogP contribution in [-0.4, -0.2) is 21.3 Å². The number of H-pyrrole nitrogens is 1. The molecule has 0 saturated carbocycles. The average molecular weight is 258 g/mol. The molecule has 0 atom stereocenters. The minimum absolute atomic E-state index is 0.102. The molecule has 0 bridgehead atoms. The number of hydrogen-bond acceptors (Lipinski definition) is 3. The normalized spacial score (nSPS) is 11.4. The van der Waals surface area contributed by atoms with Crippen LogP contribution in [0, 0.1) is 6.92 Å². The Balaban J connectivity index is 2.12. The second-order valence-corrected chi connectivity index (χ2v) is 5.54. The third kappa shape index (κ3) is 2.99. The van der Waals surface area contributed by atoms with Crippen LogP contribution in [0.1, 0.15) is 42.5 Å². The van der Waals surface area contributed by atoms with E-state index >= 15 is 0 Å². The Labute approximate surface area is 112 Å². The van der Waals surface area contributed by atoms with Gasteiger partial charge in [0.05, 0.1) is 5.69 Å². The van der Waals surface area contributed by atoms with Gasteiger partial charge in [-0.2, -0.15) is 15.4 Å².